The third-order valence-corrected chi connectivity index (χ3v) is 5.57. The molecule has 2 aliphatic carbocycles. The number of hydrogen-bond donors (Lipinski definition) is 0. The fourth-order valence-electron chi connectivity index (χ4n) is 3.91. The van der Waals surface area contributed by atoms with E-state index in [4.69, 9.17) is 0 Å². The second kappa shape index (κ2) is 6.98. The van der Waals surface area contributed by atoms with Gasteiger partial charge >= 0.3 is 0 Å². The summed E-state index contributed by atoms with van der Waals surface area (Å²) in [6, 6.07) is 8.91. The Kier molecular flexibility index (Phi) is 4.55. The lowest BCUT2D eigenvalue weighted by atomic mass is 9.86. The number of nitrogens with zero attached hydrogens (tertiary/aromatic N) is 4. The maximum absolute atomic E-state index is 13.1. The molecule has 0 N–H and O–H groups in total. The smallest absolute Gasteiger partial charge is 0.254 e. The third kappa shape index (κ3) is 3.75. The molecule has 2 fully saturated rings. The van der Waals surface area contributed by atoms with Gasteiger partial charge in [-0.3, -0.25) is 4.79 Å². The molecule has 0 bridgehead atoms. The van der Waals surface area contributed by atoms with Crippen molar-refractivity contribution in [3.8, 4) is 0 Å². The van der Waals surface area contributed by atoms with Crippen molar-refractivity contribution in [3.05, 3.63) is 48.0 Å². The van der Waals surface area contributed by atoms with E-state index >= 15 is 0 Å². The number of carbonyl (C=O) groups is 1. The van der Waals surface area contributed by atoms with Crippen LogP contribution in [-0.2, 0) is 6.54 Å². The predicted molar refractivity (Wildman–Crippen MR) is 96.2 cm³/mol. The largest absolute Gasteiger partial charge is 0.333 e. The van der Waals surface area contributed by atoms with E-state index in [0.717, 1.165) is 29.9 Å². The summed E-state index contributed by atoms with van der Waals surface area (Å²) in [6.07, 6.45) is 10.4. The highest BCUT2D eigenvalue weighted by Gasteiger charge is 2.38. The maximum atomic E-state index is 13.1. The summed E-state index contributed by atoms with van der Waals surface area (Å²) in [5.74, 6) is 1.03. The van der Waals surface area contributed by atoms with Crippen LogP contribution in [0.3, 0.4) is 0 Å². The van der Waals surface area contributed by atoms with Gasteiger partial charge in [0.2, 0.25) is 0 Å². The highest BCUT2D eigenvalue weighted by atomic mass is 16.2. The van der Waals surface area contributed by atoms with E-state index in [9.17, 15) is 4.79 Å². The van der Waals surface area contributed by atoms with E-state index in [1.54, 1.807) is 11.0 Å². The van der Waals surface area contributed by atoms with E-state index in [0.29, 0.717) is 18.6 Å². The average Bonchev–Trinajstić information content (AvgIpc) is 3.33. The summed E-state index contributed by atoms with van der Waals surface area (Å²) in [5, 5.41) is 4.13. The zero-order valence-corrected chi connectivity index (χ0v) is 14.8. The van der Waals surface area contributed by atoms with Crippen LogP contribution in [-0.4, -0.2) is 37.7 Å². The van der Waals surface area contributed by atoms with E-state index in [1.807, 2.05) is 24.3 Å². The maximum Gasteiger partial charge on any atom is 0.254 e. The minimum absolute atomic E-state index is 0.217. The van der Waals surface area contributed by atoms with E-state index < -0.39 is 0 Å². The van der Waals surface area contributed by atoms with Gasteiger partial charge in [0.1, 0.15) is 12.7 Å². The Morgan fingerprint density at radius 2 is 1.72 bits per heavy atom. The Hall–Kier alpha value is -2.17. The zero-order valence-electron chi connectivity index (χ0n) is 14.8. The van der Waals surface area contributed by atoms with Gasteiger partial charge in [0.05, 0.1) is 6.54 Å². The van der Waals surface area contributed by atoms with Crippen LogP contribution in [0.4, 0.5) is 0 Å². The standard InChI is InChI=1S/C20H26N4O/c1-15-2-8-18(9-3-15)24(19-10-11-19)20(25)17-6-4-16(5-7-17)12-23-14-21-13-22-23/h4-7,13-15,18-19H,2-3,8-12H2,1H3. The van der Waals surface area contributed by atoms with E-state index in [1.165, 1.54) is 32.0 Å². The second-order valence-corrected chi connectivity index (χ2v) is 7.65. The molecule has 132 valence electrons. The Balaban J connectivity index is 1.46. The molecule has 0 saturated heterocycles. The van der Waals surface area contributed by atoms with Crippen LogP contribution in [0.15, 0.2) is 36.9 Å². The van der Waals surface area contributed by atoms with Crippen molar-refractivity contribution in [1.82, 2.24) is 19.7 Å². The van der Waals surface area contributed by atoms with Gasteiger partial charge in [0.15, 0.2) is 0 Å². The number of carbonyl (C=O) groups excluding carboxylic acids is 1. The Morgan fingerprint density at radius 1 is 1.08 bits per heavy atom. The molecule has 0 radical (unpaired) electrons. The summed E-state index contributed by atoms with van der Waals surface area (Å²) in [6.45, 7) is 3.01. The molecule has 1 aromatic heterocycles. The molecular formula is C20H26N4O. The first-order valence-electron chi connectivity index (χ1n) is 9.44. The van der Waals surface area contributed by atoms with Gasteiger partial charge in [-0.15, -0.1) is 0 Å². The van der Waals surface area contributed by atoms with Crippen LogP contribution in [0.1, 0.15) is 61.4 Å². The lowest BCUT2D eigenvalue weighted by Gasteiger charge is -2.36. The quantitative estimate of drug-likeness (QED) is 0.838. The van der Waals surface area contributed by atoms with Crippen molar-refractivity contribution in [2.24, 2.45) is 5.92 Å². The molecule has 25 heavy (non-hydrogen) atoms. The first-order chi connectivity index (χ1) is 12.2. The number of benzene rings is 1. The fraction of sp³-hybridized carbons (Fsp3) is 0.550. The van der Waals surface area contributed by atoms with Gasteiger partial charge in [0.25, 0.3) is 5.91 Å². The normalized spacial score (nSPS) is 23.4. The molecule has 5 heteroatoms. The molecule has 2 aliphatic rings. The van der Waals surface area contributed by atoms with Crippen molar-refractivity contribution in [3.63, 3.8) is 0 Å². The van der Waals surface area contributed by atoms with E-state index in [-0.39, 0.29) is 5.91 Å². The van der Waals surface area contributed by atoms with Crippen LogP contribution in [0, 0.1) is 5.92 Å². The highest BCUT2D eigenvalue weighted by Crippen LogP contribution is 2.36. The highest BCUT2D eigenvalue weighted by molar-refractivity contribution is 5.94. The number of hydrogen-bond acceptors (Lipinski definition) is 3. The lowest BCUT2D eigenvalue weighted by molar-refractivity contribution is 0.0593. The zero-order chi connectivity index (χ0) is 17.2. The predicted octanol–water partition coefficient (Wildman–Crippen LogP) is 3.51. The van der Waals surface area contributed by atoms with Crippen molar-refractivity contribution < 1.29 is 4.79 Å². The Morgan fingerprint density at radius 3 is 2.28 bits per heavy atom. The Labute approximate surface area is 149 Å². The molecule has 2 aromatic rings. The molecule has 0 aliphatic heterocycles. The van der Waals surface area contributed by atoms with Crippen molar-refractivity contribution in [2.45, 2.75) is 64.1 Å². The Bertz CT molecular complexity index is 698. The van der Waals surface area contributed by atoms with E-state index in [2.05, 4.69) is 21.9 Å². The molecule has 2 saturated carbocycles. The molecular weight excluding hydrogens is 312 g/mol. The first kappa shape index (κ1) is 16.3. The number of aromatic nitrogens is 3. The molecule has 4 rings (SSSR count). The summed E-state index contributed by atoms with van der Waals surface area (Å²) >= 11 is 0. The van der Waals surface area contributed by atoms with Crippen LogP contribution < -0.4 is 0 Å². The van der Waals surface area contributed by atoms with Gasteiger partial charge in [-0.25, -0.2) is 9.67 Å². The number of amides is 1. The number of rotatable bonds is 5. The summed E-state index contributed by atoms with van der Waals surface area (Å²) in [4.78, 5) is 19.3. The topological polar surface area (TPSA) is 51.0 Å². The molecule has 0 atom stereocenters. The van der Waals surface area contributed by atoms with Crippen molar-refractivity contribution in [1.29, 1.82) is 0 Å². The SMILES string of the molecule is CC1CCC(N(C(=O)c2ccc(Cn3cncn3)cc2)C2CC2)CC1. The molecule has 0 unspecified atom stereocenters. The van der Waals surface area contributed by atoms with Gasteiger partial charge in [0, 0.05) is 17.6 Å². The summed E-state index contributed by atoms with van der Waals surface area (Å²) in [7, 11) is 0. The van der Waals surface area contributed by atoms with Gasteiger partial charge in [-0.05, 0) is 62.1 Å². The lowest BCUT2D eigenvalue weighted by Crippen LogP contribution is -2.43. The molecule has 0 spiro atoms. The summed E-state index contributed by atoms with van der Waals surface area (Å²) < 4.78 is 1.79. The van der Waals surface area contributed by atoms with Crippen molar-refractivity contribution >= 4 is 5.91 Å². The van der Waals surface area contributed by atoms with Crippen LogP contribution in [0.5, 0.6) is 0 Å². The minimum Gasteiger partial charge on any atom is -0.333 e. The van der Waals surface area contributed by atoms with Crippen molar-refractivity contribution in [2.75, 3.05) is 0 Å². The molecule has 1 heterocycles. The van der Waals surface area contributed by atoms with Crippen LogP contribution in [0.25, 0.3) is 0 Å². The van der Waals surface area contributed by atoms with Gasteiger partial charge in [-0.2, -0.15) is 5.10 Å². The third-order valence-electron chi connectivity index (χ3n) is 5.57. The van der Waals surface area contributed by atoms with Crippen LogP contribution in [0.2, 0.25) is 0 Å². The molecule has 5 nitrogen and oxygen atoms in total. The monoisotopic (exact) mass is 338 g/mol. The van der Waals surface area contributed by atoms with Gasteiger partial charge < -0.3 is 4.90 Å². The fourth-order valence-corrected chi connectivity index (χ4v) is 3.91. The first-order valence-corrected chi connectivity index (χ1v) is 9.44. The van der Waals surface area contributed by atoms with Gasteiger partial charge in [-0.1, -0.05) is 19.1 Å². The molecule has 1 aromatic carbocycles. The average molecular weight is 338 g/mol. The summed E-state index contributed by atoms with van der Waals surface area (Å²) in [5.41, 5.74) is 1.94. The van der Waals surface area contributed by atoms with Crippen LogP contribution >= 0.6 is 0 Å². The second-order valence-electron chi connectivity index (χ2n) is 7.65. The minimum atomic E-state index is 0.217. The molecule has 1 amide bonds.